The van der Waals surface area contributed by atoms with Gasteiger partial charge in [0.15, 0.2) is 5.79 Å². The third-order valence-corrected chi connectivity index (χ3v) is 9.42. The smallest absolute Gasteiger partial charge is 0.307 e. The number of carboxylic acid groups (broad SMARTS) is 1. The van der Waals surface area contributed by atoms with Gasteiger partial charge in [-0.1, -0.05) is 31.6 Å². The van der Waals surface area contributed by atoms with Gasteiger partial charge in [-0.3, -0.25) is 9.59 Å². The molecule has 5 aliphatic rings. The zero-order valence-corrected chi connectivity index (χ0v) is 18.4. The van der Waals surface area contributed by atoms with Crippen molar-refractivity contribution in [2.24, 2.45) is 34.5 Å². The van der Waals surface area contributed by atoms with E-state index in [-0.39, 0.29) is 29.1 Å². The summed E-state index contributed by atoms with van der Waals surface area (Å²) in [5.41, 5.74) is 1.97. The van der Waals surface area contributed by atoms with Crippen molar-refractivity contribution >= 4 is 11.8 Å². The van der Waals surface area contributed by atoms with E-state index >= 15 is 0 Å². The van der Waals surface area contributed by atoms with Crippen LogP contribution in [0.1, 0.15) is 65.7 Å². The summed E-state index contributed by atoms with van der Waals surface area (Å²) in [5.74, 6) is 0.299. The molecule has 30 heavy (non-hydrogen) atoms. The number of ketones is 1. The molecule has 5 rings (SSSR count). The number of carbonyl (C=O) groups excluding carboxylic acids is 1. The molecule has 0 amide bonds. The van der Waals surface area contributed by atoms with E-state index < -0.39 is 11.8 Å². The topological polar surface area (TPSA) is 72.8 Å². The second-order valence-electron chi connectivity index (χ2n) is 10.9. The first kappa shape index (κ1) is 20.4. The molecule has 4 aliphatic carbocycles. The third kappa shape index (κ3) is 2.81. The molecule has 1 heterocycles. The Bertz CT molecular complexity index is 834. The fourth-order valence-corrected chi connectivity index (χ4v) is 8.19. The molecule has 0 aromatic carbocycles. The standard InChI is InChI=1S/C25H34O5/c1-23-9-8-15(13-21(27)28)12-16(23)4-5-17-18-6-7-20(25(3)29-10-11-30-25)24(18,2)14-19(26)22(17)23/h8,12,17-18,20,22H,4-7,9-11,13-14H2,1-3H3,(H,27,28). The number of Topliss-reactive ketones (excluding diaryl/α,β-unsaturated/α-hetero) is 1. The first-order valence-corrected chi connectivity index (χ1v) is 11.6. The monoisotopic (exact) mass is 414 g/mol. The number of ether oxygens (including phenoxy) is 2. The van der Waals surface area contributed by atoms with Crippen LogP contribution in [0.5, 0.6) is 0 Å². The van der Waals surface area contributed by atoms with Crippen LogP contribution in [0.4, 0.5) is 0 Å². The summed E-state index contributed by atoms with van der Waals surface area (Å²) in [7, 11) is 0. The van der Waals surface area contributed by atoms with E-state index in [0.717, 1.165) is 37.7 Å². The maximum Gasteiger partial charge on any atom is 0.307 e. The maximum absolute atomic E-state index is 13.7. The Balaban J connectivity index is 1.45. The number of hydrogen-bond donors (Lipinski definition) is 1. The minimum atomic E-state index is -0.790. The van der Waals surface area contributed by atoms with Gasteiger partial charge >= 0.3 is 5.97 Å². The van der Waals surface area contributed by atoms with E-state index in [1.807, 2.05) is 0 Å². The second kappa shape index (κ2) is 6.77. The largest absolute Gasteiger partial charge is 0.481 e. The SMILES string of the molecule is CC1(C2CCC3C4CCC5=CC(CC(=O)O)=CCC5(C)C4C(=O)CC32C)OCCO1. The summed E-state index contributed by atoms with van der Waals surface area (Å²) in [5, 5.41) is 9.18. The van der Waals surface area contributed by atoms with E-state index in [0.29, 0.717) is 37.3 Å². The Morgan fingerprint density at radius 3 is 2.60 bits per heavy atom. The van der Waals surface area contributed by atoms with Crippen LogP contribution in [0.25, 0.3) is 0 Å². The quantitative estimate of drug-likeness (QED) is 0.735. The first-order chi connectivity index (χ1) is 14.2. The minimum Gasteiger partial charge on any atom is -0.481 e. The second-order valence-corrected chi connectivity index (χ2v) is 10.9. The molecule has 164 valence electrons. The zero-order chi connectivity index (χ0) is 21.3. The Morgan fingerprint density at radius 1 is 1.17 bits per heavy atom. The summed E-state index contributed by atoms with van der Waals surface area (Å²) in [6, 6.07) is 0. The highest BCUT2D eigenvalue weighted by Crippen LogP contribution is 2.67. The van der Waals surface area contributed by atoms with Gasteiger partial charge in [0.1, 0.15) is 5.78 Å². The predicted octanol–water partition coefficient (Wildman–Crippen LogP) is 4.52. The van der Waals surface area contributed by atoms with Crippen LogP contribution in [-0.4, -0.2) is 35.9 Å². The lowest BCUT2D eigenvalue weighted by Gasteiger charge is -2.57. The number of fused-ring (bicyclic) bond motifs is 5. The molecular formula is C25H34O5. The number of carboxylic acids is 1. The van der Waals surface area contributed by atoms with Crippen molar-refractivity contribution in [1.82, 2.24) is 0 Å². The van der Waals surface area contributed by atoms with Crippen LogP contribution in [0.3, 0.4) is 0 Å². The van der Waals surface area contributed by atoms with Crippen LogP contribution in [0.15, 0.2) is 23.3 Å². The van der Waals surface area contributed by atoms with Crippen molar-refractivity contribution in [3.8, 4) is 0 Å². The summed E-state index contributed by atoms with van der Waals surface area (Å²) < 4.78 is 12.1. The van der Waals surface area contributed by atoms with Crippen LogP contribution in [0.2, 0.25) is 0 Å². The van der Waals surface area contributed by atoms with Gasteiger partial charge in [0, 0.05) is 23.7 Å². The van der Waals surface area contributed by atoms with E-state index in [4.69, 9.17) is 9.47 Å². The van der Waals surface area contributed by atoms with Gasteiger partial charge in [-0.15, -0.1) is 0 Å². The Morgan fingerprint density at radius 2 is 1.90 bits per heavy atom. The maximum atomic E-state index is 13.7. The van der Waals surface area contributed by atoms with Gasteiger partial charge in [-0.05, 0) is 61.9 Å². The molecule has 0 aromatic heterocycles. The molecule has 4 fully saturated rings. The zero-order valence-electron chi connectivity index (χ0n) is 18.4. The van der Waals surface area contributed by atoms with Crippen LogP contribution in [-0.2, 0) is 19.1 Å². The summed E-state index contributed by atoms with van der Waals surface area (Å²) in [4.78, 5) is 24.9. The fraction of sp³-hybridized carbons (Fsp3) is 0.760. The van der Waals surface area contributed by atoms with Crippen molar-refractivity contribution in [2.75, 3.05) is 13.2 Å². The normalized spacial score (nSPS) is 44.6. The molecule has 1 saturated heterocycles. The molecule has 0 spiro atoms. The van der Waals surface area contributed by atoms with Gasteiger partial charge in [0.2, 0.25) is 0 Å². The highest BCUT2D eigenvalue weighted by molar-refractivity contribution is 5.85. The molecule has 5 heteroatoms. The number of allylic oxidation sites excluding steroid dienone is 3. The van der Waals surface area contributed by atoms with E-state index in [1.54, 1.807) is 0 Å². The molecule has 0 aromatic rings. The molecule has 0 radical (unpaired) electrons. The van der Waals surface area contributed by atoms with Crippen molar-refractivity contribution < 1.29 is 24.2 Å². The average molecular weight is 415 g/mol. The number of rotatable bonds is 3. The van der Waals surface area contributed by atoms with E-state index in [1.165, 1.54) is 5.57 Å². The lowest BCUT2D eigenvalue weighted by Crippen LogP contribution is -2.56. The number of aliphatic carboxylic acids is 1. The van der Waals surface area contributed by atoms with Gasteiger partial charge < -0.3 is 14.6 Å². The predicted molar refractivity (Wildman–Crippen MR) is 112 cm³/mol. The summed E-state index contributed by atoms with van der Waals surface area (Å²) >= 11 is 0. The van der Waals surface area contributed by atoms with Gasteiger partial charge in [0.05, 0.1) is 19.6 Å². The Labute approximate surface area is 178 Å². The molecule has 3 saturated carbocycles. The Hall–Kier alpha value is -1.46. The summed E-state index contributed by atoms with van der Waals surface area (Å²) in [6.45, 7) is 7.93. The third-order valence-electron chi connectivity index (χ3n) is 9.42. The van der Waals surface area contributed by atoms with Crippen molar-refractivity contribution in [3.63, 3.8) is 0 Å². The molecule has 1 N–H and O–H groups in total. The van der Waals surface area contributed by atoms with Crippen molar-refractivity contribution in [2.45, 2.75) is 71.5 Å². The highest BCUT2D eigenvalue weighted by Gasteiger charge is 2.65. The minimum absolute atomic E-state index is 0.0511. The summed E-state index contributed by atoms with van der Waals surface area (Å²) in [6.07, 6.45) is 9.85. The molecule has 5 nitrogen and oxygen atoms in total. The van der Waals surface area contributed by atoms with Crippen molar-refractivity contribution in [3.05, 3.63) is 23.3 Å². The molecule has 1 aliphatic heterocycles. The fourth-order valence-electron chi connectivity index (χ4n) is 8.19. The van der Waals surface area contributed by atoms with E-state index in [9.17, 15) is 14.7 Å². The van der Waals surface area contributed by atoms with E-state index in [2.05, 4.69) is 32.9 Å². The highest BCUT2D eigenvalue weighted by atomic mass is 16.7. The molecule has 6 unspecified atom stereocenters. The lowest BCUT2D eigenvalue weighted by atomic mass is 9.46. The molecule has 0 bridgehead atoms. The molecular weight excluding hydrogens is 380 g/mol. The first-order valence-electron chi connectivity index (χ1n) is 11.6. The van der Waals surface area contributed by atoms with Crippen LogP contribution >= 0.6 is 0 Å². The van der Waals surface area contributed by atoms with Gasteiger partial charge in [-0.25, -0.2) is 0 Å². The van der Waals surface area contributed by atoms with Crippen molar-refractivity contribution in [1.29, 1.82) is 0 Å². The number of carbonyl (C=O) groups is 2. The van der Waals surface area contributed by atoms with Crippen LogP contribution < -0.4 is 0 Å². The van der Waals surface area contributed by atoms with Gasteiger partial charge in [0.25, 0.3) is 0 Å². The lowest BCUT2D eigenvalue weighted by molar-refractivity contribution is -0.213. The Kier molecular flexibility index (Phi) is 4.61. The average Bonchev–Trinajstić information content (AvgIpc) is 3.25. The number of hydrogen-bond acceptors (Lipinski definition) is 4. The van der Waals surface area contributed by atoms with Gasteiger partial charge in [-0.2, -0.15) is 0 Å². The van der Waals surface area contributed by atoms with Crippen LogP contribution in [0, 0.1) is 34.5 Å². The molecule has 6 atom stereocenters.